The molecule has 0 spiro atoms. The quantitative estimate of drug-likeness (QED) is 0.488. The lowest BCUT2D eigenvalue weighted by Gasteiger charge is -2.28. The molecule has 0 aliphatic carbocycles. The molecule has 0 N–H and O–H groups in total. The van der Waals surface area contributed by atoms with E-state index in [4.69, 9.17) is 4.74 Å². The second kappa shape index (κ2) is 13.0. The fourth-order valence-electron chi connectivity index (χ4n) is 3.57. The maximum Gasteiger partial charge on any atom is 0.242 e. The predicted molar refractivity (Wildman–Crippen MR) is 124 cm³/mol. The average Bonchev–Trinajstić information content (AvgIpc) is 3.19. The highest BCUT2D eigenvalue weighted by Crippen LogP contribution is 2.13. The van der Waals surface area contributed by atoms with Crippen LogP contribution >= 0.6 is 0 Å². The second-order valence-electron chi connectivity index (χ2n) is 7.95. The maximum absolute atomic E-state index is 13.2. The van der Waals surface area contributed by atoms with Crippen LogP contribution in [0.3, 0.4) is 0 Å². The Kier molecular flexibility index (Phi) is 10.3. The molecule has 6 heteroatoms. The minimum atomic E-state index is -0.0244. The van der Waals surface area contributed by atoms with Gasteiger partial charge in [0.05, 0.1) is 19.7 Å². The number of carbonyl (C=O) groups excluding carboxylic acids is 2. The average molecular weight is 428 g/mol. The largest absolute Gasteiger partial charge is 0.383 e. The van der Waals surface area contributed by atoms with Gasteiger partial charge in [0.25, 0.3) is 0 Å². The first kappa shape index (κ1) is 24.7. The van der Waals surface area contributed by atoms with Gasteiger partial charge in [-0.2, -0.15) is 0 Å². The van der Waals surface area contributed by atoms with E-state index in [1.165, 1.54) is 11.1 Å². The Bertz CT molecular complexity index is 831. The second-order valence-corrected chi connectivity index (χ2v) is 7.95. The summed E-state index contributed by atoms with van der Waals surface area (Å²) in [5.74, 6) is -0.0432. The number of unbranched alkanes of at least 4 members (excludes halogenated alkanes) is 1. The SMILES string of the molecule is CCCCN(Cc1cccn1Cc1cccc(C)c1)C(=O)CN(CCOC)C(=O)CC. The van der Waals surface area contributed by atoms with Crippen LogP contribution in [0.25, 0.3) is 0 Å². The monoisotopic (exact) mass is 427 g/mol. The van der Waals surface area contributed by atoms with Crippen molar-refractivity contribution in [3.8, 4) is 0 Å². The van der Waals surface area contributed by atoms with E-state index in [-0.39, 0.29) is 18.4 Å². The number of benzene rings is 1. The Morgan fingerprint density at radius 2 is 1.84 bits per heavy atom. The molecule has 2 amide bonds. The van der Waals surface area contributed by atoms with Crippen LogP contribution in [0.15, 0.2) is 42.6 Å². The van der Waals surface area contributed by atoms with E-state index in [0.29, 0.717) is 32.7 Å². The number of methoxy groups -OCH3 is 1. The number of hydrogen-bond acceptors (Lipinski definition) is 3. The molecule has 0 unspecified atom stereocenters. The molecule has 170 valence electrons. The first-order valence-corrected chi connectivity index (χ1v) is 11.2. The minimum absolute atomic E-state index is 0.0188. The summed E-state index contributed by atoms with van der Waals surface area (Å²) in [5, 5.41) is 0. The lowest BCUT2D eigenvalue weighted by Crippen LogP contribution is -2.44. The Labute approximate surface area is 186 Å². The number of aryl methyl sites for hydroxylation is 1. The third kappa shape index (κ3) is 7.87. The summed E-state index contributed by atoms with van der Waals surface area (Å²) < 4.78 is 7.31. The number of aromatic nitrogens is 1. The Balaban J connectivity index is 2.13. The highest BCUT2D eigenvalue weighted by molar-refractivity contribution is 5.84. The van der Waals surface area contributed by atoms with Crippen molar-refractivity contribution >= 4 is 11.8 Å². The van der Waals surface area contributed by atoms with Crippen molar-refractivity contribution in [1.82, 2.24) is 14.4 Å². The number of nitrogens with zero attached hydrogens (tertiary/aromatic N) is 3. The Morgan fingerprint density at radius 1 is 1.03 bits per heavy atom. The molecule has 31 heavy (non-hydrogen) atoms. The van der Waals surface area contributed by atoms with Crippen molar-refractivity contribution in [2.24, 2.45) is 0 Å². The highest BCUT2D eigenvalue weighted by atomic mass is 16.5. The van der Waals surface area contributed by atoms with Crippen molar-refractivity contribution in [2.45, 2.75) is 53.1 Å². The van der Waals surface area contributed by atoms with E-state index in [1.807, 2.05) is 17.9 Å². The van der Waals surface area contributed by atoms with Gasteiger partial charge in [-0.15, -0.1) is 0 Å². The van der Waals surface area contributed by atoms with Crippen molar-refractivity contribution in [3.63, 3.8) is 0 Å². The van der Waals surface area contributed by atoms with Crippen LogP contribution < -0.4 is 0 Å². The molecule has 0 saturated carbocycles. The van der Waals surface area contributed by atoms with E-state index < -0.39 is 0 Å². The summed E-state index contributed by atoms with van der Waals surface area (Å²) in [6.45, 7) is 8.98. The van der Waals surface area contributed by atoms with Gasteiger partial charge in [-0.05, 0) is 31.0 Å². The molecule has 1 heterocycles. The lowest BCUT2D eigenvalue weighted by molar-refractivity contribution is -0.141. The van der Waals surface area contributed by atoms with Crippen molar-refractivity contribution in [1.29, 1.82) is 0 Å². The van der Waals surface area contributed by atoms with Gasteiger partial charge in [0, 0.05) is 45.1 Å². The van der Waals surface area contributed by atoms with Crippen molar-refractivity contribution in [3.05, 3.63) is 59.4 Å². The fraction of sp³-hybridized carbons (Fsp3) is 0.520. The van der Waals surface area contributed by atoms with E-state index in [9.17, 15) is 9.59 Å². The standard InChI is InChI=1S/C25H37N3O3/c1-5-7-13-27(25(30)20-28(15-16-31-4)24(29)6-2)19-23-12-9-14-26(23)18-22-11-8-10-21(3)17-22/h8-12,14,17H,5-7,13,15-16,18-20H2,1-4H3. The smallest absolute Gasteiger partial charge is 0.242 e. The summed E-state index contributed by atoms with van der Waals surface area (Å²) in [4.78, 5) is 28.9. The van der Waals surface area contributed by atoms with Crippen LogP contribution in [-0.2, 0) is 27.4 Å². The van der Waals surface area contributed by atoms with Gasteiger partial charge in [0.2, 0.25) is 11.8 Å². The zero-order valence-corrected chi connectivity index (χ0v) is 19.5. The van der Waals surface area contributed by atoms with E-state index in [2.05, 4.69) is 54.9 Å². The van der Waals surface area contributed by atoms with Crippen LogP contribution in [0.4, 0.5) is 0 Å². The summed E-state index contributed by atoms with van der Waals surface area (Å²) in [6, 6.07) is 12.6. The third-order valence-electron chi connectivity index (χ3n) is 5.39. The number of rotatable bonds is 13. The van der Waals surface area contributed by atoms with Gasteiger partial charge in [0.15, 0.2) is 0 Å². The van der Waals surface area contributed by atoms with E-state index in [0.717, 1.165) is 25.1 Å². The van der Waals surface area contributed by atoms with Crippen molar-refractivity contribution < 1.29 is 14.3 Å². The maximum atomic E-state index is 13.2. The number of ether oxygens (including phenoxy) is 1. The number of carbonyl (C=O) groups is 2. The van der Waals surface area contributed by atoms with Gasteiger partial charge >= 0.3 is 0 Å². The first-order chi connectivity index (χ1) is 15.0. The normalized spacial score (nSPS) is 10.8. The molecule has 0 radical (unpaired) electrons. The lowest BCUT2D eigenvalue weighted by atomic mass is 10.1. The molecule has 0 bridgehead atoms. The fourth-order valence-corrected chi connectivity index (χ4v) is 3.57. The van der Waals surface area contributed by atoms with E-state index in [1.54, 1.807) is 12.0 Å². The molecule has 0 fully saturated rings. The first-order valence-electron chi connectivity index (χ1n) is 11.2. The number of hydrogen-bond donors (Lipinski definition) is 0. The molecule has 0 aliphatic rings. The van der Waals surface area contributed by atoms with Gasteiger partial charge in [-0.1, -0.05) is 50.1 Å². The van der Waals surface area contributed by atoms with Crippen LogP contribution in [0.1, 0.15) is 49.9 Å². The summed E-state index contributed by atoms with van der Waals surface area (Å²) in [6.07, 6.45) is 4.39. The molecule has 0 atom stereocenters. The Hall–Kier alpha value is -2.60. The zero-order valence-electron chi connectivity index (χ0n) is 19.5. The van der Waals surface area contributed by atoms with Gasteiger partial charge in [-0.3, -0.25) is 9.59 Å². The molecule has 1 aromatic carbocycles. The van der Waals surface area contributed by atoms with Crippen LogP contribution in [0.5, 0.6) is 0 Å². The molecule has 2 rings (SSSR count). The van der Waals surface area contributed by atoms with Crippen LogP contribution in [0.2, 0.25) is 0 Å². The topological polar surface area (TPSA) is 54.8 Å². The number of amides is 2. The molecule has 0 aliphatic heterocycles. The Morgan fingerprint density at radius 3 is 2.52 bits per heavy atom. The molecule has 1 aromatic heterocycles. The van der Waals surface area contributed by atoms with Crippen molar-refractivity contribution in [2.75, 3.05) is 33.4 Å². The summed E-state index contributed by atoms with van der Waals surface area (Å²) in [5.41, 5.74) is 3.57. The molecule has 6 nitrogen and oxygen atoms in total. The summed E-state index contributed by atoms with van der Waals surface area (Å²) >= 11 is 0. The van der Waals surface area contributed by atoms with E-state index >= 15 is 0 Å². The highest BCUT2D eigenvalue weighted by Gasteiger charge is 2.21. The molecule has 0 saturated heterocycles. The third-order valence-corrected chi connectivity index (χ3v) is 5.39. The zero-order chi connectivity index (χ0) is 22.6. The molecular formula is C25H37N3O3. The van der Waals surface area contributed by atoms with Gasteiger partial charge in [0.1, 0.15) is 0 Å². The van der Waals surface area contributed by atoms with Crippen LogP contribution in [-0.4, -0.2) is 59.5 Å². The van der Waals surface area contributed by atoms with Gasteiger partial charge < -0.3 is 19.1 Å². The minimum Gasteiger partial charge on any atom is -0.383 e. The summed E-state index contributed by atoms with van der Waals surface area (Å²) in [7, 11) is 1.60. The van der Waals surface area contributed by atoms with Crippen LogP contribution in [0, 0.1) is 6.92 Å². The predicted octanol–water partition coefficient (Wildman–Crippen LogP) is 3.86. The van der Waals surface area contributed by atoms with Gasteiger partial charge in [-0.25, -0.2) is 0 Å². The molecular weight excluding hydrogens is 390 g/mol. The molecule has 2 aromatic rings.